The predicted molar refractivity (Wildman–Crippen MR) is 62.2 cm³/mol. The van der Waals surface area contributed by atoms with Crippen molar-refractivity contribution in [2.45, 2.75) is 31.7 Å². The van der Waals surface area contributed by atoms with Crippen molar-refractivity contribution < 1.29 is 9.90 Å². The highest BCUT2D eigenvalue weighted by Gasteiger charge is 2.36. The van der Waals surface area contributed by atoms with Crippen molar-refractivity contribution in [3.63, 3.8) is 0 Å². The highest BCUT2D eigenvalue weighted by molar-refractivity contribution is 7.99. The van der Waals surface area contributed by atoms with Gasteiger partial charge in [0.05, 0.1) is 5.92 Å². The Morgan fingerprint density at radius 3 is 2.53 bits per heavy atom. The van der Waals surface area contributed by atoms with E-state index in [-0.39, 0.29) is 12.0 Å². The molecule has 1 aliphatic carbocycles. The van der Waals surface area contributed by atoms with Gasteiger partial charge in [0, 0.05) is 6.04 Å². The van der Waals surface area contributed by atoms with Crippen LogP contribution >= 0.6 is 11.8 Å². The van der Waals surface area contributed by atoms with Crippen LogP contribution in [-0.2, 0) is 4.79 Å². The molecule has 2 rings (SSSR count). The summed E-state index contributed by atoms with van der Waals surface area (Å²) in [6.45, 7) is 1.02. The molecular formula is C11H19NO2S. The summed E-state index contributed by atoms with van der Waals surface area (Å²) in [6, 6.07) is 0.247. The molecule has 0 aromatic carbocycles. The predicted octanol–water partition coefficient (Wildman–Crippen LogP) is 1.58. The maximum absolute atomic E-state index is 10.8. The Labute approximate surface area is 95.0 Å². The van der Waals surface area contributed by atoms with Gasteiger partial charge in [-0.2, -0.15) is 11.8 Å². The van der Waals surface area contributed by atoms with Gasteiger partial charge in [-0.25, -0.2) is 0 Å². The molecule has 2 aliphatic rings. The molecule has 0 radical (unpaired) electrons. The number of hydrogen-bond donors (Lipinski definition) is 2. The third kappa shape index (κ3) is 2.88. The number of aliphatic carboxylic acids is 1. The van der Waals surface area contributed by atoms with Crippen LogP contribution in [0.5, 0.6) is 0 Å². The Kier molecular flexibility index (Phi) is 3.92. The highest BCUT2D eigenvalue weighted by atomic mass is 32.2. The molecule has 0 spiro atoms. The monoisotopic (exact) mass is 229 g/mol. The number of carboxylic acid groups (broad SMARTS) is 1. The van der Waals surface area contributed by atoms with E-state index in [0.29, 0.717) is 0 Å². The van der Waals surface area contributed by atoms with Crippen LogP contribution in [0.2, 0.25) is 0 Å². The molecule has 1 aliphatic heterocycles. The van der Waals surface area contributed by atoms with Crippen LogP contribution < -0.4 is 5.32 Å². The van der Waals surface area contributed by atoms with Gasteiger partial charge in [0.25, 0.3) is 0 Å². The molecule has 1 heterocycles. The molecule has 2 fully saturated rings. The van der Waals surface area contributed by atoms with Crippen molar-refractivity contribution in [3.05, 3.63) is 0 Å². The van der Waals surface area contributed by atoms with Gasteiger partial charge in [-0.05, 0) is 49.7 Å². The maximum atomic E-state index is 10.8. The van der Waals surface area contributed by atoms with E-state index in [1.54, 1.807) is 0 Å². The molecule has 86 valence electrons. The lowest BCUT2D eigenvalue weighted by molar-refractivity contribution is -0.146. The Hall–Kier alpha value is -0.220. The van der Waals surface area contributed by atoms with E-state index in [9.17, 15) is 4.79 Å². The average molecular weight is 229 g/mol. The molecule has 4 heteroatoms. The molecule has 2 N–H and O–H groups in total. The van der Waals surface area contributed by atoms with E-state index >= 15 is 0 Å². The fourth-order valence-corrected chi connectivity index (χ4v) is 3.51. The summed E-state index contributed by atoms with van der Waals surface area (Å²) in [5, 5.41) is 12.3. The minimum atomic E-state index is -0.627. The van der Waals surface area contributed by atoms with Gasteiger partial charge in [-0.3, -0.25) is 4.79 Å². The molecular weight excluding hydrogens is 210 g/mol. The first-order valence-corrected chi connectivity index (χ1v) is 6.97. The Morgan fingerprint density at radius 1 is 1.27 bits per heavy atom. The summed E-state index contributed by atoms with van der Waals surface area (Å²) in [7, 11) is 0. The fourth-order valence-electron chi connectivity index (χ4n) is 2.31. The van der Waals surface area contributed by atoms with Gasteiger partial charge in [0.2, 0.25) is 0 Å². The van der Waals surface area contributed by atoms with Crippen LogP contribution in [0, 0.1) is 11.8 Å². The van der Waals surface area contributed by atoms with E-state index in [0.717, 1.165) is 25.3 Å². The second-order valence-electron chi connectivity index (χ2n) is 4.59. The number of rotatable bonds is 4. The van der Waals surface area contributed by atoms with E-state index in [4.69, 9.17) is 5.11 Å². The third-order valence-corrected chi connectivity index (χ3v) is 4.65. The lowest BCUT2D eigenvalue weighted by Gasteiger charge is -2.35. The van der Waals surface area contributed by atoms with Gasteiger partial charge < -0.3 is 10.4 Å². The number of hydrogen-bond acceptors (Lipinski definition) is 3. The van der Waals surface area contributed by atoms with Gasteiger partial charge in [0.1, 0.15) is 0 Å². The van der Waals surface area contributed by atoms with Crippen molar-refractivity contribution in [3.8, 4) is 0 Å². The van der Waals surface area contributed by atoms with Gasteiger partial charge in [-0.15, -0.1) is 0 Å². The van der Waals surface area contributed by atoms with Crippen LogP contribution in [-0.4, -0.2) is 35.2 Å². The molecule has 2 unspecified atom stereocenters. The van der Waals surface area contributed by atoms with Crippen LogP contribution in [0.3, 0.4) is 0 Å². The number of thioether (sulfide) groups is 1. The zero-order valence-corrected chi connectivity index (χ0v) is 9.76. The zero-order valence-electron chi connectivity index (χ0n) is 8.95. The lowest BCUT2D eigenvalue weighted by atomic mass is 9.79. The summed E-state index contributed by atoms with van der Waals surface area (Å²) < 4.78 is 0. The van der Waals surface area contributed by atoms with E-state index < -0.39 is 5.97 Å². The van der Waals surface area contributed by atoms with E-state index in [2.05, 4.69) is 5.32 Å². The summed E-state index contributed by atoms with van der Waals surface area (Å²) >= 11 is 2.04. The fraction of sp³-hybridized carbons (Fsp3) is 0.909. The standard InChI is InChI=1S/C11H19NO2S/c13-11(14)9-1-2-10(9)12-7-8-3-5-15-6-4-8/h8-10,12H,1-7H2,(H,13,14). The van der Waals surface area contributed by atoms with E-state index in [1.807, 2.05) is 11.8 Å². The van der Waals surface area contributed by atoms with Crippen molar-refractivity contribution in [2.75, 3.05) is 18.1 Å². The maximum Gasteiger partial charge on any atom is 0.308 e. The first-order valence-electron chi connectivity index (χ1n) is 5.81. The molecule has 0 aromatic heterocycles. The largest absolute Gasteiger partial charge is 0.481 e. The minimum Gasteiger partial charge on any atom is -0.481 e. The molecule has 0 aromatic rings. The van der Waals surface area contributed by atoms with Gasteiger partial charge in [-0.1, -0.05) is 0 Å². The molecule has 15 heavy (non-hydrogen) atoms. The van der Waals surface area contributed by atoms with Gasteiger partial charge in [0.15, 0.2) is 0 Å². The van der Waals surface area contributed by atoms with Crippen LogP contribution in [0.25, 0.3) is 0 Å². The summed E-state index contributed by atoms with van der Waals surface area (Å²) in [5.74, 6) is 2.58. The molecule has 1 saturated carbocycles. The first-order chi connectivity index (χ1) is 7.27. The Bertz CT molecular complexity index is 229. The summed E-state index contributed by atoms with van der Waals surface area (Å²) in [4.78, 5) is 10.8. The second kappa shape index (κ2) is 5.21. The molecule has 0 amide bonds. The van der Waals surface area contributed by atoms with Crippen LogP contribution in [0.15, 0.2) is 0 Å². The molecule has 2 atom stereocenters. The number of carboxylic acids is 1. The summed E-state index contributed by atoms with van der Waals surface area (Å²) in [5.41, 5.74) is 0. The first kappa shape index (κ1) is 11.3. The van der Waals surface area contributed by atoms with Gasteiger partial charge >= 0.3 is 5.97 Å². The summed E-state index contributed by atoms with van der Waals surface area (Å²) in [6.07, 6.45) is 4.48. The smallest absolute Gasteiger partial charge is 0.308 e. The van der Waals surface area contributed by atoms with Crippen LogP contribution in [0.1, 0.15) is 25.7 Å². The van der Waals surface area contributed by atoms with Crippen LogP contribution in [0.4, 0.5) is 0 Å². The molecule has 3 nitrogen and oxygen atoms in total. The number of carbonyl (C=O) groups is 1. The SMILES string of the molecule is O=C(O)C1CCC1NCC1CCSCC1. The van der Waals surface area contributed by atoms with Crippen molar-refractivity contribution in [2.24, 2.45) is 11.8 Å². The van der Waals surface area contributed by atoms with Crippen molar-refractivity contribution in [1.29, 1.82) is 0 Å². The van der Waals surface area contributed by atoms with E-state index in [1.165, 1.54) is 24.3 Å². The molecule has 1 saturated heterocycles. The quantitative estimate of drug-likeness (QED) is 0.768. The normalized spacial score (nSPS) is 32.3. The van der Waals surface area contributed by atoms with Crippen molar-refractivity contribution in [1.82, 2.24) is 5.32 Å². The number of nitrogens with one attached hydrogen (secondary N) is 1. The Morgan fingerprint density at radius 2 is 2.00 bits per heavy atom. The minimum absolute atomic E-state index is 0.122. The van der Waals surface area contributed by atoms with Crippen molar-refractivity contribution >= 4 is 17.7 Å². The third-order valence-electron chi connectivity index (χ3n) is 3.60. The second-order valence-corrected chi connectivity index (χ2v) is 5.82. The topological polar surface area (TPSA) is 49.3 Å². The zero-order chi connectivity index (χ0) is 10.7. The average Bonchev–Trinajstić information content (AvgIpc) is 2.17. The lowest BCUT2D eigenvalue weighted by Crippen LogP contribution is -2.49. The highest BCUT2D eigenvalue weighted by Crippen LogP contribution is 2.28. The Balaban J connectivity index is 1.67. The molecule has 0 bridgehead atoms.